The van der Waals surface area contributed by atoms with Crippen LogP contribution in [0.1, 0.15) is 28.9 Å². The maximum absolute atomic E-state index is 12.5. The molecule has 1 aromatic heterocycles. The summed E-state index contributed by atoms with van der Waals surface area (Å²) in [6.07, 6.45) is 0.506. The van der Waals surface area contributed by atoms with Gasteiger partial charge in [-0.15, -0.1) is 0 Å². The molecule has 6 heteroatoms. The smallest absolute Gasteiger partial charge is 0.224 e. The van der Waals surface area contributed by atoms with E-state index < -0.39 is 0 Å². The molecule has 0 bridgehead atoms. The molecule has 26 heavy (non-hydrogen) atoms. The fourth-order valence-electron chi connectivity index (χ4n) is 3.44. The van der Waals surface area contributed by atoms with E-state index in [1.165, 1.54) is 11.1 Å². The Morgan fingerprint density at radius 2 is 1.81 bits per heavy atom. The molecule has 3 rings (SSSR count). The predicted molar refractivity (Wildman–Crippen MR) is 107 cm³/mol. The van der Waals surface area contributed by atoms with Crippen molar-refractivity contribution in [2.45, 2.75) is 40.3 Å². The van der Waals surface area contributed by atoms with E-state index in [1.807, 2.05) is 23.4 Å². The third-order valence-electron chi connectivity index (χ3n) is 5.21. The Morgan fingerprint density at radius 3 is 2.42 bits per heavy atom. The van der Waals surface area contributed by atoms with E-state index in [4.69, 9.17) is 0 Å². The highest BCUT2D eigenvalue weighted by atomic mass is 79.9. The van der Waals surface area contributed by atoms with Crippen molar-refractivity contribution in [3.05, 3.63) is 51.3 Å². The molecule has 0 saturated carbocycles. The van der Waals surface area contributed by atoms with Gasteiger partial charge >= 0.3 is 0 Å². The summed E-state index contributed by atoms with van der Waals surface area (Å²) in [5.41, 5.74) is 4.77. The van der Waals surface area contributed by atoms with Gasteiger partial charge in [-0.2, -0.15) is 5.10 Å². The van der Waals surface area contributed by atoms with Gasteiger partial charge in [-0.1, -0.05) is 24.3 Å². The van der Waals surface area contributed by atoms with Crippen LogP contribution in [0.15, 0.2) is 28.7 Å². The summed E-state index contributed by atoms with van der Waals surface area (Å²) in [6, 6.07) is 8.53. The number of halogens is 1. The lowest BCUT2D eigenvalue weighted by molar-refractivity contribution is -0.133. The molecule has 0 radical (unpaired) electrons. The number of carbonyl (C=O) groups excluding carboxylic acids is 1. The number of hydrogen-bond acceptors (Lipinski definition) is 3. The van der Waals surface area contributed by atoms with Crippen LogP contribution in [-0.4, -0.2) is 51.7 Å². The van der Waals surface area contributed by atoms with Crippen molar-refractivity contribution in [3.8, 4) is 0 Å². The normalized spacial score (nSPS) is 15.5. The Labute approximate surface area is 164 Å². The van der Waals surface area contributed by atoms with Gasteiger partial charge in [0.05, 0.1) is 16.7 Å². The number of rotatable bonds is 5. The zero-order chi connectivity index (χ0) is 18.7. The molecule has 2 heterocycles. The molecule has 0 unspecified atom stereocenters. The van der Waals surface area contributed by atoms with Crippen molar-refractivity contribution in [2.75, 3.05) is 26.2 Å². The Balaban J connectivity index is 1.47. The number of amides is 1. The van der Waals surface area contributed by atoms with Gasteiger partial charge in [-0.05, 0) is 47.8 Å². The quantitative estimate of drug-likeness (QED) is 0.747. The summed E-state index contributed by atoms with van der Waals surface area (Å²) >= 11 is 3.54. The van der Waals surface area contributed by atoms with E-state index >= 15 is 0 Å². The van der Waals surface area contributed by atoms with Gasteiger partial charge in [0.1, 0.15) is 0 Å². The van der Waals surface area contributed by atoms with Crippen molar-refractivity contribution in [3.63, 3.8) is 0 Å². The summed E-state index contributed by atoms with van der Waals surface area (Å²) in [5, 5.41) is 4.48. The number of benzene rings is 1. The number of hydrogen-bond donors (Lipinski definition) is 0. The number of aromatic nitrogens is 2. The van der Waals surface area contributed by atoms with Crippen molar-refractivity contribution in [1.82, 2.24) is 19.6 Å². The van der Waals surface area contributed by atoms with E-state index in [-0.39, 0.29) is 5.91 Å². The molecule has 0 N–H and O–H groups in total. The minimum Gasteiger partial charge on any atom is -0.340 e. The summed E-state index contributed by atoms with van der Waals surface area (Å²) in [4.78, 5) is 17.0. The number of nitrogens with zero attached hydrogens (tertiary/aromatic N) is 4. The average Bonchev–Trinajstić information content (AvgIpc) is 2.89. The summed E-state index contributed by atoms with van der Waals surface area (Å²) in [6.45, 7) is 11.3. The third-order valence-corrected chi connectivity index (χ3v) is 6.36. The second kappa shape index (κ2) is 8.35. The topological polar surface area (TPSA) is 41.4 Å². The fourth-order valence-corrected chi connectivity index (χ4v) is 3.72. The zero-order valence-electron chi connectivity index (χ0n) is 15.8. The predicted octanol–water partition coefficient (Wildman–Crippen LogP) is 3.31. The SMILES string of the molecule is Cc1ccccc1CN1CCN(C(=O)CCn2nc(C)c(Br)c2C)CC1. The molecule has 1 aliphatic rings. The van der Waals surface area contributed by atoms with Crippen LogP contribution in [0.25, 0.3) is 0 Å². The number of aryl methyl sites for hydroxylation is 3. The Bertz CT molecular complexity index is 778. The number of piperazine rings is 1. The standard InChI is InChI=1S/C20H27BrN4O/c1-15-6-4-5-7-18(15)14-23-10-12-24(13-11-23)19(26)8-9-25-17(3)20(21)16(2)22-25/h4-7H,8-14H2,1-3H3. The van der Waals surface area contributed by atoms with E-state index in [0.717, 1.165) is 48.6 Å². The summed E-state index contributed by atoms with van der Waals surface area (Å²) in [5.74, 6) is 0.226. The van der Waals surface area contributed by atoms with Crippen LogP contribution in [0.4, 0.5) is 0 Å². The highest BCUT2D eigenvalue weighted by Crippen LogP contribution is 2.20. The van der Waals surface area contributed by atoms with E-state index in [0.29, 0.717) is 13.0 Å². The van der Waals surface area contributed by atoms with Gasteiger partial charge in [0.15, 0.2) is 0 Å². The fraction of sp³-hybridized carbons (Fsp3) is 0.500. The first-order chi connectivity index (χ1) is 12.5. The second-order valence-electron chi connectivity index (χ2n) is 7.04. The van der Waals surface area contributed by atoms with E-state index in [2.05, 4.69) is 57.1 Å². The monoisotopic (exact) mass is 418 g/mol. The second-order valence-corrected chi connectivity index (χ2v) is 7.83. The zero-order valence-corrected chi connectivity index (χ0v) is 17.4. The lowest BCUT2D eigenvalue weighted by Gasteiger charge is -2.35. The van der Waals surface area contributed by atoms with Crippen molar-refractivity contribution in [2.24, 2.45) is 0 Å². The first-order valence-electron chi connectivity index (χ1n) is 9.20. The molecule has 140 valence electrons. The highest BCUT2D eigenvalue weighted by molar-refractivity contribution is 9.10. The maximum atomic E-state index is 12.5. The van der Waals surface area contributed by atoms with Gasteiger partial charge in [-0.3, -0.25) is 14.4 Å². The maximum Gasteiger partial charge on any atom is 0.224 e. The van der Waals surface area contributed by atoms with E-state index in [1.54, 1.807) is 0 Å². The molecule has 1 aliphatic heterocycles. The van der Waals surface area contributed by atoms with Crippen LogP contribution in [0, 0.1) is 20.8 Å². The molecule has 1 fully saturated rings. The molecule has 0 atom stereocenters. The average molecular weight is 419 g/mol. The molecule has 0 aliphatic carbocycles. The van der Waals surface area contributed by atoms with Crippen molar-refractivity contribution >= 4 is 21.8 Å². The Hall–Kier alpha value is -1.66. The van der Waals surface area contributed by atoms with Crippen LogP contribution < -0.4 is 0 Å². The highest BCUT2D eigenvalue weighted by Gasteiger charge is 2.21. The van der Waals surface area contributed by atoms with E-state index in [9.17, 15) is 4.79 Å². The molecule has 5 nitrogen and oxygen atoms in total. The Morgan fingerprint density at radius 1 is 1.12 bits per heavy atom. The molecular formula is C20H27BrN4O. The van der Waals surface area contributed by atoms with Crippen molar-refractivity contribution in [1.29, 1.82) is 0 Å². The van der Waals surface area contributed by atoms with Gasteiger partial charge in [-0.25, -0.2) is 0 Å². The van der Waals surface area contributed by atoms with Crippen LogP contribution in [0.2, 0.25) is 0 Å². The molecule has 0 spiro atoms. The van der Waals surface area contributed by atoms with Gasteiger partial charge < -0.3 is 4.90 Å². The first-order valence-corrected chi connectivity index (χ1v) is 9.99. The van der Waals surface area contributed by atoms with Crippen LogP contribution >= 0.6 is 15.9 Å². The van der Waals surface area contributed by atoms with Crippen molar-refractivity contribution < 1.29 is 4.79 Å². The van der Waals surface area contributed by atoms with Crippen LogP contribution in [0.3, 0.4) is 0 Å². The summed E-state index contributed by atoms with van der Waals surface area (Å²) < 4.78 is 2.96. The molecule has 1 aromatic carbocycles. The minimum atomic E-state index is 0.226. The molecular weight excluding hydrogens is 392 g/mol. The van der Waals surface area contributed by atoms with Crippen LogP contribution in [-0.2, 0) is 17.9 Å². The van der Waals surface area contributed by atoms with Gasteiger partial charge in [0, 0.05) is 44.8 Å². The lowest BCUT2D eigenvalue weighted by atomic mass is 10.1. The molecule has 2 aromatic rings. The van der Waals surface area contributed by atoms with Gasteiger partial charge in [0.25, 0.3) is 0 Å². The third kappa shape index (κ3) is 4.35. The number of carbonyl (C=O) groups is 1. The van der Waals surface area contributed by atoms with Crippen LogP contribution in [0.5, 0.6) is 0 Å². The van der Waals surface area contributed by atoms with Gasteiger partial charge in [0.2, 0.25) is 5.91 Å². The molecule has 1 amide bonds. The lowest BCUT2D eigenvalue weighted by Crippen LogP contribution is -2.48. The molecule has 1 saturated heterocycles. The summed E-state index contributed by atoms with van der Waals surface area (Å²) in [7, 11) is 0. The largest absolute Gasteiger partial charge is 0.340 e. The minimum absolute atomic E-state index is 0.226. The first kappa shape index (κ1) is 19.1. The Kier molecular flexibility index (Phi) is 6.14.